The van der Waals surface area contributed by atoms with Crippen LogP contribution in [0.2, 0.25) is 5.02 Å². The smallest absolute Gasteiger partial charge is 0.292 e. The van der Waals surface area contributed by atoms with Gasteiger partial charge in [-0.15, -0.1) is 0 Å². The molecule has 0 saturated heterocycles. The number of nitrogen functional groups attached to an aromatic ring is 2. The van der Waals surface area contributed by atoms with Gasteiger partial charge in [-0.1, -0.05) is 11.6 Å². The molecule has 0 amide bonds. The van der Waals surface area contributed by atoms with Crippen LogP contribution in [0.1, 0.15) is 5.69 Å². The summed E-state index contributed by atoms with van der Waals surface area (Å²) in [4.78, 5) is 14.7. The van der Waals surface area contributed by atoms with Crippen LogP contribution in [0.15, 0.2) is 4.79 Å². The molecule has 1 aromatic rings. The molecule has 1 aromatic heterocycles. The molecule has 0 aromatic carbocycles. The minimum atomic E-state index is -0.531. The average Bonchev–Trinajstić information content (AvgIpc) is 1.97. The zero-order valence-electron chi connectivity index (χ0n) is 5.84. The fourth-order valence-corrected chi connectivity index (χ4v) is 0.773. The summed E-state index contributed by atoms with van der Waals surface area (Å²) in [7, 11) is 0. The third-order valence-corrected chi connectivity index (χ3v) is 1.69. The molecule has 0 fully saturated rings. The van der Waals surface area contributed by atoms with Crippen LogP contribution in [0.5, 0.6) is 0 Å². The molecule has 6 heteroatoms. The second-order valence-corrected chi connectivity index (χ2v) is 2.42. The number of aromatic nitrogens is 2. The number of nitrogens with two attached hydrogens (primary N) is 2. The lowest BCUT2D eigenvalue weighted by atomic mass is 10.4. The highest BCUT2D eigenvalue weighted by Crippen LogP contribution is 2.06. The van der Waals surface area contributed by atoms with Crippen molar-refractivity contribution in [1.82, 2.24) is 9.66 Å². The Hall–Kier alpha value is -1.23. The first-order valence-electron chi connectivity index (χ1n) is 2.83. The Kier molecular flexibility index (Phi) is 1.74. The van der Waals surface area contributed by atoms with Gasteiger partial charge in [-0.05, 0) is 6.92 Å². The molecule has 4 N–H and O–H groups in total. The van der Waals surface area contributed by atoms with Crippen LogP contribution in [0.3, 0.4) is 0 Å². The van der Waals surface area contributed by atoms with Crippen LogP contribution in [-0.4, -0.2) is 9.66 Å². The van der Waals surface area contributed by atoms with Gasteiger partial charge in [0.15, 0.2) is 0 Å². The first-order chi connectivity index (χ1) is 5.04. The van der Waals surface area contributed by atoms with E-state index in [0.717, 1.165) is 0 Å². The van der Waals surface area contributed by atoms with Gasteiger partial charge in [-0.3, -0.25) is 4.79 Å². The van der Waals surface area contributed by atoms with E-state index in [1.54, 1.807) is 6.92 Å². The highest BCUT2D eigenvalue weighted by molar-refractivity contribution is 6.31. The van der Waals surface area contributed by atoms with E-state index >= 15 is 0 Å². The molecular formula is C5H7ClN4O. The van der Waals surface area contributed by atoms with Crippen LogP contribution in [0, 0.1) is 6.92 Å². The van der Waals surface area contributed by atoms with E-state index in [0.29, 0.717) is 10.4 Å². The Labute approximate surface area is 67.6 Å². The van der Waals surface area contributed by atoms with Crippen LogP contribution < -0.4 is 17.1 Å². The van der Waals surface area contributed by atoms with Gasteiger partial charge in [0.2, 0.25) is 5.95 Å². The number of anilines is 1. The van der Waals surface area contributed by atoms with Crippen LogP contribution in [0.4, 0.5) is 5.95 Å². The fraction of sp³-hybridized carbons (Fsp3) is 0.200. The minimum absolute atomic E-state index is 0.00157. The topological polar surface area (TPSA) is 86.9 Å². The molecule has 0 spiro atoms. The maximum absolute atomic E-state index is 11.0. The van der Waals surface area contributed by atoms with Crippen molar-refractivity contribution < 1.29 is 0 Å². The van der Waals surface area contributed by atoms with E-state index in [9.17, 15) is 4.79 Å². The lowest BCUT2D eigenvalue weighted by Gasteiger charge is -2.03. The maximum atomic E-state index is 11.0. The minimum Gasteiger partial charge on any atom is -0.368 e. The maximum Gasteiger partial charge on any atom is 0.292 e. The molecule has 0 saturated carbocycles. The largest absolute Gasteiger partial charge is 0.368 e. The fourth-order valence-electron chi connectivity index (χ4n) is 0.639. The number of halogens is 1. The third kappa shape index (κ3) is 1.14. The molecule has 0 bridgehead atoms. The van der Waals surface area contributed by atoms with Crippen LogP contribution in [-0.2, 0) is 0 Å². The molecule has 5 nitrogen and oxygen atoms in total. The molecule has 11 heavy (non-hydrogen) atoms. The summed E-state index contributed by atoms with van der Waals surface area (Å²) < 4.78 is 0.704. The van der Waals surface area contributed by atoms with E-state index in [1.165, 1.54) is 0 Å². The van der Waals surface area contributed by atoms with E-state index in [4.69, 9.17) is 23.2 Å². The van der Waals surface area contributed by atoms with Gasteiger partial charge < -0.3 is 11.6 Å². The summed E-state index contributed by atoms with van der Waals surface area (Å²) in [5, 5.41) is 0.00157. The van der Waals surface area contributed by atoms with Crippen molar-refractivity contribution in [2.24, 2.45) is 0 Å². The van der Waals surface area contributed by atoms with Crippen molar-refractivity contribution in [3.05, 3.63) is 21.1 Å². The summed E-state index contributed by atoms with van der Waals surface area (Å²) >= 11 is 5.52. The predicted molar refractivity (Wildman–Crippen MR) is 42.8 cm³/mol. The highest BCUT2D eigenvalue weighted by Gasteiger charge is 2.06. The zero-order chi connectivity index (χ0) is 8.59. The van der Waals surface area contributed by atoms with Crippen molar-refractivity contribution in [1.29, 1.82) is 0 Å². The summed E-state index contributed by atoms with van der Waals surface area (Å²) in [5.41, 5.74) is 5.11. The molecule has 0 aliphatic heterocycles. The van der Waals surface area contributed by atoms with Crippen LogP contribution in [0.25, 0.3) is 0 Å². The van der Waals surface area contributed by atoms with Gasteiger partial charge in [-0.25, -0.2) is 4.98 Å². The second kappa shape index (κ2) is 2.43. The number of hydrogen-bond donors (Lipinski definition) is 2. The highest BCUT2D eigenvalue weighted by atomic mass is 35.5. The summed E-state index contributed by atoms with van der Waals surface area (Å²) in [6.07, 6.45) is 0. The number of hydrogen-bond acceptors (Lipinski definition) is 4. The molecule has 60 valence electrons. The summed E-state index contributed by atoms with van der Waals surface area (Å²) in [5.74, 6) is 5.14. The van der Waals surface area contributed by atoms with Gasteiger partial charge in [0.05, 0.1) is 5.69 Å². The standard InChI is InChI=1S/C5H7ClN4O/c1-2-3(6)4(11)10(8)5(7)9-2/h8H2,1H3,(H2,7,9). The average molecular weight is 175 g/mol. The summed E-state index contributed by atoms with van der Waals surface area (Å²) in [6, 6.07) is 0. The van der Waals surface area contributed by atoms with Gasteiger partial charge >= 0.3 is 0 Å². The molecular weight excluding hydrogens is 168 g/mol. The Morgan fingerprint density at radius 3 is 2.73 bits per heavy atom. The van der Waals surface area contributed by atoms with Crippen molar-refractivity contribution >= 4 is 17.5 Å². The molecule has 1 rings (SSSR count). The van der Waals surface area contributed by atoms with Gasteiger partial charge in [0, 0.05) is 0 Å². The Morgan fingerprint density at radius 1 is 1.64 bits per heavy atom. The third-order valence-electron chi connectivity index (χ3n) is 1.25. The lowest BCUT2D eigenvalue weighted by molar-refractivity contribution is 0.895. The molecule has 0 radical (unpaired) electrons. The second-order valence-electron chi connectivity index (χ2n) is 2.04. The Bertz CT molecular complexity index is 316. The molecule has 0 aliphatic carbocycles. The Morgan fingerprint density at radius 2 is 2.18 bits per heavy atom. The van der Waals surface area contributed by atoms with E-state index in [2.05, 4.69) is 4.98 Å². The van der Waals surface area contributed by atoms with E-state index in [-0.39, 0.29) is 11.0 Å². The lowest BCUT2D eigenvalue weighted by Crippen LogP contribution is -2.31. The number of rotatable bonds is 0. The molecule has 0 aliphatic rings. The first kappa shape index (κ1) is 7.87. The quantitative estimate of drug-likeness (QED) is 0.520. The SMILES string of the molecule is Cc1nc(N)n(N)c(=O)c1Cl. The van der Waals surface area contributed by atoms with Crippen molar-refractivity contribution in [2.45, 2.75) is 6.92 Å². The first-order valence-corrected chi connectivity index (χ1v) is 3.21. The van der Waals surface area contributed by atoms with Gasteiger partial charge in [-0.2, -0.15) is 4.68 Å². The molecule has 0 atom stereocenters. The van der Waals surface area contributed by atoms with Gasteiger partial charge in [0.1, 0.15) is 5.02 Å². The van der Waals surface area contributed by atoms with Crippen molar-refractivity contribution in [2.75, 3.05) is 11.6 Å². The zero-order valence-corrected chi connectivity index (χ0v) is 6.59. The van der Waals surface area contributed by atoms with E-state index < -0.39 is 5.56 Å². The predicted octanol–water partition coefficient (Wildman–Crippen LogP) is -0.499. The molecule has 0 unspecified atom stereocenters. The summed E-state index contributed by atoms with van der Waals surface area (Å²) in [6.45, 7) is 1.58. The Balaban J connectivity index is 3.59. The van der Waals surface area contributed by atoms with E-state index in [1.807, 2.05) is 0 Å². The number of aryl methyl sites for hydroxylation is 1. The van der Waals surface area contributed by atoms with Crippen molar-refractivity contribution in [3.8, 4) is 0 Å². The van der Waals surface area contributed by atoms with Crippen molar-refractivity contribution in [3.63, 3.8) is 0 Å². The normalized spacial score (nSPS) is 10.0. The monoisotopic (exact) mass is 174 g/mol. The van der Waals surface area contributed by atoms with Crippen LogP contribution >= 0.6 is 11.6 Å². The van der Waals surface area contributed by atoms with Gasteiger partial charge in [0.25, 0.3) is 5.56 Å². The molecule has 1 heterocycles. The number of nitrogens with zero attached hydrogens (tertiary/aromatic N) is 2.